The van der Waals surface area contributed by atoms with Gasteiger partial charge in [0.25, 0.3) is 0 Å². The van der Waals surface area contributed by atoms with Crippen molar-refractivity contribution in [3.63, 3.8) is 0 Å². The Bertz CT molecular complexity index is 731. The number of methoxy groups -OCH3 is 2. The van der Waals surface area contributed by atoms with Crippen LogP contribution in [0.2, 0.25) is 0 Å². The number of hydrogen-bond acceptors (Lipinski definition) is 5. The number of ether oxygens (including phenoxy) is 2. The molecule has 1 amide bonds. The van der Waals surface area contributed by atoms with E-state index >= 15 is 0 Å². The van der Waals surface area contributed by atoms with Gasteiger partial charge in [0.15, 0.2) is 17.3 Å². The van der Waals surface area contributed by atoms with Crippen LogP contribution in [0.3, 0.4) is 0 Å². The zero-order valence-electron chi connectivity index (χ0n) is 14.1. The summed E-state index contributed by atoms with van der Waals surface area (Å²) in [5.41, 5.74) is 1.01. The van der Waals surface area contributed by atoms with Crippen molar-refractivity contribution in [2.45, 2.75) is 19.3 Å². The monoisotopic (exact) mass is 425 g/mol. The van der Waals surface area contributed by atoms with Crippen LogP contribution in [0.5, 0.6) is 11.5 Å². The summed E-state index contributed by atoms with van der Waals surface area (Å²) in [5, 5.41) is 4.70. The lowest BCUT2D eigenvalue weighted by atomic mass is 10.1. The average Bonchev–Trinajstić information content (AvgIpc) is 3.15. The maximum Gasteiger partial charge on any atom is 0.220 e. The Balaban J connectivity index is 1.80. The molecule has 0 unspecified atom stereocenters. The molecule has 0 bridgehead atoms. The first-order valence-corrected chi connectivity index (χ1v) is 9.46. The highest BCUT2D eigenvalue weighted by Crippen LogP contribution is 2.33. The number of Topliss-reactive ketones (excluding diaryl/α,β-unsaturated/α-hetero) is 1. The van der Waals surface area contributed by atoms with Crippen molar-refractivity contribution in [2.24, 2.45) is 0 Å². The molecule has 2 aromatic rings. The van der Waals surface area contributed by atoms with Gasteiger partial charge in [0.2, 0.25) is 5.91 Å². The number of halogens is 1. The number of amides is 1. The van der Waals surface area contributed by atoms with Crippen LogP contribution in [0.15, 0.2) is 34.1 Å². The van der Waals surface area contributed by atoms with Gasteiger partial charge >= 0.3 is 0 Å². The van der Waals surface area contributed by atoms with Crippen molar-refractivity contribution in [1.82, 2.24) is 5.32 Å². The Kier molecular flexibility index (Phi) is 7.46. The molecule has 5 nitrogen and oxygen atoms in total. The molecule has 0 fully saturated rings. The fourth-order valence-corrected chi connectivity index (χ4v) is 3.52. The summed E-state index contributed by atoms with van der Waals surface area (Å²) in [5.74, 6) is 1.18. The van der Waals surface area contributed by atoms with Crippen molar-refractivity contribution < 1.29 is 19.1 Å². The van der Waals surface area contributed by atoms with E-state index in [0.29, 0.717) is 29.3 Å². The van der Waals surface area contributed by atoms with Gasteiger partial charge in [-0.15, -0.1) is 11.3 Å². The van der Waals surface area contributed by atoms with Crippen molar-refractivity contribution in [3.05, 3.63) is 44.6 Å². The fraction of sp³-hybridized carbons (Fsp3) is 0.333. The molecule has 0 atom stereocenters. The minimum atomic E-state index is -0.124. The van der Waals surface area contributed by atoms with Gasteiger partial charge < -0.3 is 14.8 Å². The zero-order chi connectivity index (χ0) is 18.2. The van der Waals surface area contributed by atoms with Crippen LogP contribution in [0.4, 0.5) is 0 Å². The second-order valence-electron chi connectivity index (χ2n) is 5.30. The first kappa shape index (κ1) is 19.5. The number of hydrogen-bond donors (Lipinski definition) is 1. The van der Waals surface area contributed by atoms with E-state index < -0.39 is 0 Å². The molecule has 1 aromatic heterocycles. The average molecular weight is 426 g/mol. The standard InChI is InChI=1S/C18H20BrNO4S/c1-23-15-10-12(13(19)11-16(15)24-2)7-8-20-18(22)6-5-14(21)17-4-3-9-25-17/h3-4,9-11H,5-8H2,1-2H3,(H,20,22). The number of carbonyl (C=O) groups excluding carboxylic acids is 2. The summed E-state index contributed by atoms with van der Waals surface area (Å²) < 4.78 is 11.4. The number of nitrogens with one attached hydrogen (secondary N) is 1. The van der Waals surface area contributed by atoms with E-state index in [9.17, 15) is 9.59 Å². The second kappa shape index (κ2) is 9.58. The molecule has 0 radical (unpaired) electrons. The Morgan fingerprint density at radius 2 is 1.88 bits per heavy atom. The summed E-state index contributed by atoms with van der Waals surface area (Å²) in [4.78, 5) is 24.5. The van der Waals surface area contributed by atoms with E-state index in [2.05, 4.69) is 21.2 Å². The lowest BCUT2D eigenvalue weighted by molar-refractivity contribution is -0.121. The molecule has 0 aliphatic rings. The molecule has 7 heteroatoms. The third-order valence-corrected chi connectivity index (χ3v) is 5.29. The van der Waals surface area contributed by atoms with E-state index in [-0.39, 0.29) is 24.5 Å². The van der Waals surface area contributed by atoms with Crippen LogP contribution >= 0.6 is 27.3 Å². The summed E-state index contributed by atoms with van der Waals surface area (Å²) in [7, 11) is 3.17. The van der Waals surface area contributed by atoms with E-state index in [4.69, 9.17) is 9.47 Å². The quantitative estimate of drug-likeness (QED) is 0.619. The predicted octanol–water partition coefficient (Wildman–Crippen LogP) is 3.85. The molecular weight excluding hydrogens is 406 g/mol. The van der Waals surface area contributed by atoms with Crippen LogP contribution in [-0.4, -0.2) is 32.5 Å². The number of benzene rings is 1. The molecule has 1 heterocycles. The van der Waals surface area contributed by atoms with E-state index in [1.807, 2.05) is 23.6 Å². The molecule has 1 N–H and O–H groups in total. The fourth-order valence-electron chi connectivity index (χ4n) is 2.30. The minimum absolute atomic E-state index is 0.00721. The summed E-state index contributed by atoms with van der Waals surface area (Å²) >= 11 is 4.90. The zero-order valence-corrected chi connectivity index (χ0v) is 16.5. The van der Waals surface area contributed by atoms with Crippen molar-refractivity contribution in [2.75, 3.05) is 20.8 Å². The maximum absolute atomic E-state index is 11.9. The van der Waals surface area contributed by atoms with E-state index in [1.54, 1.807) is 20.3 Å². The van der Waals surface area contributed by atoms with Gasteiger partial charge in [-0.05, 0) is 35.6 Å². The number of ketones is 1. The van der Waals surface area contributed by atoms with Gasteiger partial charge in [0.05, 0.1) is 19.1 Å². The lowest BCUT2D eigenvalue weighted by Gasteiger charge is -2.12. The number of rotatable bonds is 9. The Hall–Kier alpha value is -1.86. The first-order chi connectivity index (χ1) is 12.0. The highest BCUT2D eigenvalue weighted by Gasteiger charge is 2.12. The van der Waals surface area contributed by atoms with Crippen molar-refractivity contribution in [3.8, 4) is 11.5 Å². The SMILES string of the molecule is COc1cc(Br)c(CCNC(=O)CCC(=O)c2cccs2)cc1OC. The molecule has 25 heavy (non-hydrogen) atoms. The normalized spacial score (nSPS) is 10.4. The molecule has 0 saturated heterocycles. The van der Waals surface area contributed by atoms with Crippen LogP contribution in [0, 0.1) is 0 Å². The van der Waals surface area contributed by atoms with Gasteiger partial charge in [0, 0.05) is 23.9 Å². The van der Waals surface area contributed by atoms with Gasteiger partial charge in [-0.2, -0.15) is 0 Å². The minimum Gasteiger partial charge on any atom is -0.493 e. The van der Waals surface area contributed by atoms with Crippen LogP contribution in [0.25, 0.3) is 0 Å². The van der Waals surface area contributed by atoms with Gasteiger partial charge in [-0.1, -0.05) is 22.0 Å². The highest BCUT2D eigenvalue weighted by atomic mass is 79.9. The molecule has 1 aromatic carbocycles. The molecule has 0 aliphatic heterocycles. The molecule has 0 spiro atoms. The first-order valence-electron chi connectivity index (χ1n) is 7.79. The van der Waals surface area contributed by atoms with E-state index in [0.717, 1.165) is 10.0 Å². The molecule has 134 valence electrons. The van der Waals surface area contributed by atoms with Crippen LogP contribution < -0.4 is 14.8 Å². The molecule has 2 rings (SSSR count). The van der Waals surface area contributed by atoms with Crippen LogP contribution in [0.1, 0.15) is 28.1 Å². The number of thiophene rings is 1. The summed E-state index contributed by atoms with van der Waals surface area (Å²) in [6.45, 7) is 0.486. The van der Waals surface area contributed by atoms with Gasteiger partial charge in [-0.25, -0.2) is 0 Å². The highest BCUT2D eigenvalue weighted by molar-refractivity contribution is 9.10. The van der Waals surface area contributed by atoms with Crippen LogP contribution in [-0.2, 0) is 11.2 Å². The van der Waals surface area contributed by atoms with Crippen molar-refractivity contribution in [1.29, 1.82) is 0 Å². The Morgan fingerprint density at radius 1 is 1.16 bits per heavy atom. The third kappa shape index (κ3) is 5.57. The maximum atomic E-state index is 11.9. The van der Waals surface area contributed by atoms with E-state index in [1.165, 1.54) is 11.3 Å². The van der Waals surface area contributed by atoms with Gasteiger partial charge in [-0.3, -0.25) is 9.59 Å². The molecule has 0 aliphatic carbocycles. The summed E-state index contributed by atoms with van der Waals surface area (Å²) in [6.07, 6.45) is 1.07. The largest absolute Gasteiger partial charge is 0.493 e. The smallest absolute Gasteiger partial charge is 0.220 e. The Labute approximate surface area is 159 Å². The second-order valence-corrected chi connectivity index (χ2v) is 7.10. The van der Waals surface area contributed by atoms with Crippen molar-refractivity contribution >= 4 is 39.0 Å². The third-order valence-electron chi connectivity index (χ3n) is 3.64. The topological polar surface area (TPSA) is 64.6 Å². The summed E-state index contributed by atoms with van der Waals surface area (Å²) in [6, 6.07) is 7.34. The number of carbonyl (C=O) groups is 2. The Morgan fingerprint density at radius 3 is 2.52 bits per heavy atom. The predicted molar refractivity (Wildman–Crippen MR) is 102 cm³/mol. The molecular formula is C18H20BrNO4S. The van der Waals surface area contributed by atoms with Gasteiger partial charge in [0.1, 0.15) is 0 Å². The molecule has 0 saturated carbocycles. The lowest BCUT2D eigenvalue weighted by Crippen LogP contribution is -2.26.